The molecular formula is C26H30N4O4S. The van der Waals surface area contributed by atoms with Crippen molar-refractivity contribution in [3.8, 4) is 34.7 Å². The number of nitrogens with zero attached hydrogens (tertiary/aromatic N) is 3. The number of hydrogen-bond acceptors (Lipinski definition) is 7. The van der Waals surface area contributed by atoms with Crippen LogP contribution in [0.4, 0.5) is 0 Å². The highest BCUT2D eigenvalue weighted by Gasteiger charge is 2.29. The molecule has 0 radical (unpaired) electrons. The minimum atomic E-state index is -3.42. The molecule has 1 N–H and O–H groups in total. The van der Waals surface area contributed by atoms with Gasteiger partial charge in [-0.2, -0.15) is 10.2 Å². The van der Waals surface area contributed by atoms with Crippen molar-refractivity contribution in [2.75, 3.05) is 0 Å². The first kappa shape index (κ1) is 24.9. The molecule has 2 unspecified atom stereocenters. The van der Waals surface area contributed by atoms with Crippen LogP contribution in [0.5, 0.6) is 5.75 Å². The van der Waals surface area contributed by atoms with Gasteiger partial charge >= 0.3 is 0 Å². The highest BCUT2D eigenvalue weighted by Crippen LogP contribution is 2.37. The fourth-order valence-corrected chi connectivity index (χ4v) is 5.58. The van der Waals surface area contributed by atoms with Gasteiger partial charge in [0, 0.05) is 17.2 Å². The molecule has 1 aliphatic rings. The second-order valence-electron chi connectivity index (χ2n) is 9.11. The van der Waals surface area contributed by atoms with Crippen molar-refractivity contribution >= 4 is 10.0 Å². The molecule has 9 heteroatoms. The molecule has 0 saturated heterocycles. The molecule has 8 nitrogen and oxygen atoms in total. The van der Waals surface area contributed by atoms with Gasteiger partial charge in [0.1, 0.15) is 11.8 Å². The molecule has 1 aliphatic carbocycles. The van der Waals surface area contributed by atoms with Crippen LogP contribution in [0.1, 0.15) is 69.7 Å². The third-order valence-corrected chi connectivity index (χ3v) is 8.30. The predicted octanol–water partition coefficient (Wildman–Crippen LogP) is 5.16. The van der Waals surface area contributed by atoms with E-state index in [0.29, 0.717) is 35.0 Å². The topological polar surface area (TPSA) is 118 Å². The van der Waals surface area contributed by atoms with Crippen LogP contribution in [0.25, 0.3) is 22.8 Å². The zero-order valence-corrected chi connectivity index (χ0v) is 21.2. The normalized spacial score (nSPS) is 16.5. The zero-order chi connectivity index (χ0) is 25.2. The monoisotopic (exact) mass is 494 g/mol. The van der Waals surface area contributed by atoms with Crippen LogP contribution in [0, 0.1) is 11.3 Å². The summed E-state index contributed by atoms with van der Waals surface area (Å²) < 4.78 is 39.6. The number of hydrogen-bond donors (Lipinski definition) is 1. The quantitative estimate of drug-likeness (QED) is 0.459. The molecule has 3 aromatic rings. The molecule has 0 bridgehead atoms. The maximum Gasteiger partial charge on any atom is 0.258 e. The first-order chi connectivity index (χ1) is 16.7. The van der Waals surface area contributed by atoms with Gasteiger partial charge < -0.3 is 9.26 Å². The van der Waals surface area contributed by atoms with Gasteiger partial charge in [-0.05, 0) is 75.8 Å². The Hall–Kier alpha value is -3.22. The fraction of sp³-hybridized carbons (Fsp3) is 0.423. The number of ether oxygens (including phenoxy) is 1. The molecule has 0 amide bonds. The maximum atomic E-state index is 12.7. The Morgan fingerprint density at radius 1 is 1.26 bits per heavy atom. The summed E-state index contributed by atoms with van der Waals surface area (Å²) in [6.45, 7) is 7.40. The largest absolute Gasteiger partial charge is 0.490 e. The molecule has 0 fully saturated rings. The Labute approximate surface area is 206 Å². The van der Waals surface area contributed by atoms with Crippen molar-refractivity contribution in [2.45, 2.75) is 70.8 Å². The number of rotatable bonds is 8. The number of fused-ring (bicyclic) bond motifs is 1. The number of benzene rings is 2. The lowest BCUT2D eigenvalue weighted by atomic mass is 9.85. The first-order valence-electron chi connectivity index (χ1n) is 11.9. The Morgan fingerprint density at radius 3 is 2.77 bits per heavy atom. The van der Waals surface area contributed by atoms with E-state index in [9.17, 15) is 13.7 Å². The number of aromatic nitrogens is 2. The molecule has 35 heavy (non-hydrogen) atoms. The predicted molar refractivity (Wildman–Crippen MR) is 133 cm³/mol. The van der Waals surface area contributed by atoms with Gasteiger partial charge in [-0.1, -0.05) is 30.3 Å². The van der Waals surface area contributed by atoms with Gasteiger partial charge in [-0.25, -0.2) is 13.1 Å². The molecule has 0 spiro atoms. The molecule has 2 atom stereocenters. The van der Waals surface area contributed by atoms with E-state index in [4.69, 9.17) is 9.26 Å². The summed E-state index contributed by atoms with van der Waals surface area (Å²) in [4.78, 5) is 4.60. The Kier molecular flexibility index (Phi) is 7.24. The van der Waals surface area contributed by atoms with E-state index in [0.717, 1.165) is 36.0 Å². The Morgan fingerprint density at radius 2 is 2.06 bits per heavy atom. The van der Waals surface area contributed by atoms with Crippen LogP contribution in [0.3, 0.4) is 0 Å². The van der Waals surface area contributed by atoms with E-state index in [2.05, 4.69) is 20.9 Å². The van der Waals surface area contributed by atoms with Crippen molar-refractivity contribution in [3.63, 3.8) is 0 Å². The molecule has 2 aromatic carbocycles. The van der Waals surface area contributed by atoms with E-state index in [1.54, 1.807) is 25.1 Å². The lowest BCUT2D eigenvalue weighted by Gasteiger charge is -2.28. The van der Waals surface area contributed by atoms with Gasteiger partial charge in [0.2, 0.25) is 15.8 Å². The van der Waals surface area contributed by atoms with Crippen molar-refractivity contribution in [2.24, 2.45) is 0 Å². The van der Waals surface area contributed by atoms with Crippen LogP contribution < -0.4 is 9.46 Å². The molecular weight excluding hydrogens is 464 g/mol. The van der Waals surface area contributed by atoms with Crippen LogP contribution in [0.15, 0.2) is 40.9 Å². The standard InChI is InChI=1S/C26H30N4O4S/c1-5-17(4)35(31,32)30-23-11-7-8-20-21(23)9-6-10-22(20)25-28-26(34-29-25)18-12-13-24(33-16(2)3)19(14-18)15-27/h6,9-10,12-14,16-17,23,30H,5,7-8,11H2,1-4H3. The first-order valence-corrected chi connectivity index (χ1v) is 13.5. The number of nitriles is 1. The SMILES string of the molecule is CCC(C)S(=O)(=O)NC1CCCc2c(-c3noc(-c4ccc(OC(C)C)c(C#N)c4)n3)cccc21. The van der Waals surface area contributed by atoms with Crippen molar-refractivity contribution in [1.82, 2.24) is 14.9 Å². The summed E-state index contributed by atoms with van der Waals surface area (Å²) in [5, 5.41) is 13.3. The minimum Gasteiger partial charge on any atom is -0.490 e. The van der Waals surface area contributed by atoms with Crippen molar-refractivity contribution < 1.29 is 17.7 Å². The second-order valence-corrected chi connectivity index (χ2v) is 11.2. The molecule has 4 rings (SSSR count). The summed E-state index contributed by atoms with van der Waals surface area (Å²) >= 11 is 0. The number of sulfonamides is 1. The molecule has 0 saturated carbocycles. The van der Waals surface area contributed by atoms with Gasteiger partial charge in [0.05, 0.1) is 16.9 Å². The third kappa shape index (κ3) is 5.24. The minimum absolute atomic E-state index is 0.0503. The highest BCUT2D eigenvalue weighted by molar-refractivity contribution is 7.90. The highest BCUT2D eigenvalue weighted by atomic mass is 32.2. The van der Waals surface area contributed by atoms with E-state index >= 15 is 0 Å². The van der Waals surface area contributed by atoms with Crippen molar-refractivity contribution in [1.29, 1.82) is 5.26 Å². The van der Waals surface area contributed by atoms with Crippen molar-refractivity contribution in [3.05, 3.63) is 53.1 Å². The smallest absolute Gasteiger partial charge is 0.258 e. The molecule has 0 aliphatic heterocycles. The molecule has 184 valence electrons. The van der Waals surface area contributed by atoms with E-state index in [1.165, 1.54) is 0 Å². The van der Waals surface area contributed by atoms with Crippen LogP contribution in [-0.4, -0.2) is 29.9 Å². The van der Waals surface area contributed by atoms with Gasteiger partial charge in [0.25, 0.3) is 5.89 Å². The summed E-state index contributed by atoms with van der Waals surface area (Å²) in [6, 6.07) is 12.9. The van der Waals surface area contributed by atoms with Gasteiger partial charge in [-0.15, -0.1) is 0 Å². The number of nitrogens with one attached hydrogen (secondary N) is 1. The Bertz CT molecular complexity index is 1360. The lowest BCUT2D eigenvalue weighted by molar-refractivity contribution is 0.241. The lowest BCUT2D eigenvalue weighted by Crippen LogP contribution is -2.36. The summed E-state index contributed by atoms with van der Waals surface area (Å²) in [6.07, 6.45) is 2.90. The summed E-state index contributed by atoms with van der Waals surface area (Å²) in [5.41, 5.74) is 3.82. The molecule has 1 heterocycles. The van der Waals surface area contributed by atoms with Crippen LogP contribution >= 0.6 is 0 Å². The van der Waals surface area contributed by atoms with E-state index < -0.39 is 15.3 Å². The summed E-state index contributed by atoms with van der Waals surface area (Å²) in [7, 11) is -3.42. The maximum absolute atomic E-state index is 12.7. The fourth-order valence-electron chi connectivity index (χ4n) is 4.27. The second kappa shape index (κ2) is 10.2. The summed E-state index contributed by atoms with van der Waals surface area (Å²) in [5.74, 6) is 1.24. The van der Waals surface area contributed by atoms with Crippen LogP contribution in [0.2, 0.25) is 0 Å². The van der Waals surface area contributed by atoms with E-state index in [1.807, 2.05) is 39.0 Å². The average molecular weight is 495 g/mol. The van der Waals surface area contributed by atoms with Gasteiger partial charge in [0.15, 0.2) is 0 Å². The van der Waals surface area contributed by atoms with Crippen LogP contribution in [-0.2, 0) is 16.4 Å². The third-order valence-electron chi connectivity index (χ3n) is 6.29. The van der Waals surface area contributed by atoms with E-state index in [-0.39, 0.29) is 12.1 Å². The zero-order valence-electron chi connectivity index (χ0n) is 20.4. The molecule has 1 aromatic heterocycles. The van der Waals surface area contributed by atoms with Gasteiger partial charge in [-0.3, -0.25) is 0 Å². The average Bonchev–Trinajstić information content (AvgIpc) is 3.33. The Balaban J connectivity index is 1.65.